The van der Waals surface area contributed by atoms with Crippen molar-refractivity contribution in [1.29, 1.82) is 0 Å². The Bertz CT molecular complexity index is 415. The Balaban J connectivity index is 2.24. The van der Waals surface area contributed by atoms with Gasteiger partial charge in [-0.25, -0.2) is 4.39 Å². The van der Waals surface area contributed by atoms with Crippen LogP contribution in [0.15, 0.2) is 22.7 Å². The molecule has 1 aromatic carbocycles. The molecule has 0 radical (unpaired) electrons. The van der Waals surface area contributed by atoms with E-state index in [-0.39, 0.29) is 17.9 Å². The Labute approximate surface area is 102 Å². The first-order chi connectivity index (χ1) is 7.58. The van der Waals surface area contributed by atoms with Crippen LogP contribution >= 0.6 is 15.9 Å². The fourth-order valence-corrected chi connectivity index (χ4v) is 2.10. The number of halogens is 2. The second-order valence-electron chi connectivity index (χ2n) is 4.04. The number of hydrogen-bond donors (Lipinski definition) is 0. The molecule has 1 aliphatic carbocycles. The third-order valence-electron chi connectivity index (χ3n) is 2.62. The van der Waals surface area contributed by atoms with Crippen LogP contribution in [0.2, 0.25) is 0 Å². The van der Waals surface area contributed by atoms with Crippen molar-refractivity contribution < 1.29 is 13.9 Å². The highest BCUT2D eigenvalue weighted by molar-refractivity contribution is 9.10. The van der Waals surface area contributed by atoms with Crippen molar-refractivity contribution in [2.45, 2.75) is 25.9 Å². The first-order valence-electron chi connectivity index (χ1n) is 5.20. The number of ether oxygens (including phenoxy) is 1. The standard InChI is InChI=1S/C12H12BrFO2/c1-7(15)16-12(8-2-3-8)9-4-5-11(14)10(13)6-9/h4-6,8,12H,2-3H2,1H3/t12-/m1/s1. The van der Waals surface area contributed by atoms with E-state index in [0.717, 1.165) is 18.4 Å². The number of esters is 1. The largest absolute Gasteiger partial charge is 0.457 e. The number of hydrogen-bond acceptors (Lipinski definition) is 2. The predicted octanol–water partition coefficient (Wildman–Crippen LogP) is 3.60. The average molecular weight is 287 g/mol. The monoisotopic (exact) mass is 286 g/mol. The van der Waals surface area contributed by atoms with E-state index in [2.05, 4.69) is 15.9 Å². The molecule has 2 nitrogen and oxygen atoms in total. The number of carbonyl (C=O) groups is 1. The number of carbonyl (C=O) groups excluding carboxylic acids is 1. The maximum Gasteiger partial charge on any atom is 0.303 e. The molecule has 16 heavy (non-hydrogen) atoms. The Morgan fingerprint density at radius 1 is 1.56 bits per heavy atom. The fraction of sp³-hybridized carbons (Fsp3) is 0.417. The van der Waals surface area contributed by atoms with Crippen molar-refractivity contribution in [1.82, 2.24) is 0 Å². The number of rotatable bonds is 3. The van der Waals surface area contributed by atoms with Crippen LogP contribution in [0.3, 0.4) is 0 Å². The smallest absolute Gasteiger partial charge is 0.303 e. The topological polar surface area (TPSA) is 26.3 Å². The highest BCUT2D eigenvalue weighted by atomic mass is 79.9. The van der Waals surface area contributed by atoms with Gasteiger partial charge in [0.05, 0.1) is 4.47 Å². The summed E-state index contributed by atoms with van der Waals surface area (Å²) >= 11 is 3.13. The Morgan fingerprint density at radius 3 is 2.75 bits per heavy atom. The van der Waals surface area contributed by atoms with Gasteiger partial charge in [0.25, 0.3) is 0 Å². The van der Waals surface area contributed by atoms with E-state index < -0.39 is 0 Å². The van der Waals surface area contributed by atoms with Crippen molar-refractivity contribution in [3.63, 3.8) is 0 Å². The summed E-state index contributed by atoms with van der Waals surface area (Å²) in [4.78, 5) is 11.0. The number of benzene rings is 1. The van der Waals surface area contributed by atoms with Crippen molar-refractivity contribution in [3.8, 4) is 0 Å². The lowest BCUT2D eigenvalue weighted by Crippen LogP contribution is -2.10. The second-order valence-corrected chi connectivity index (χ2v) is 4.90. The zero-order valence-electron chi connectivity index (χ0n) is 8.87. The third-order valence-corrected chi connectivity index (χ3v) is 3.22. The zero-order valence-corrected chi connectivity index (χ0v) is 10.5. The van der Waals surface area contributed by atoms with Gasteiger partial charge in [-0.3, -0.25) is 4.79 Å². The maximum atomic E-state index is 13.1. The summed E-state index contributed by atoms with van der Waals surface area (Å²) in [5, 5.41) is 0. The van der Waals surface area contributed by atoms with Crippen LogP contribution in [0.5, 0.6) is 0 Å². The van der Waals surface area contributed by atoms with Crippen LogP contribution in [-0.2, 0) is 9.53 Å². The summed E-state index contributed by atoms with van der Waals surface area (Å²) in [7, 11) is 0. The van der Waals surface area contributed by atoms with Crippen LogP contribution < -0.4 is 0 Å². The van der Waals surface area contributed by atoms with Gasteiger partial charge in [0.1, 0.15) is 11.9 Å². The third kappa shape index (κ3) is 2.61. The molecular weight excluding hydrogens is 275 g/mol. The van der Waals surface area contributed by atoms with Crippen molar-refractivity contribution in [3.05, 3.63) is 34.1 Å². The molecule has 1 aliphatic rings. The van der Waals surface area contributed by atoms with Crippen LogP contribution in [-0.4, -0.2) is 5.97 Å². The summed E-state index contributed by atoms with van der Waals surface area (Å²) in [6.45, 7) is 1.40. The van der Waals surface area contributed by atoms with Crippen LogP contribution in [0.25, 0.3) is 0 Å². The van der Waals surface area contributed by atoms with E-state index in [1.165, 1.54) is 13.0 Å². The SMILES string of the molecule is CC(=O)O[C@@H](c1ccc(F)c(Br)c1)C1CC1. The van der Waals surface area contributed by atoms with E-state index >= 15 is 0 Å². The van der Waals surface area contributed by atoms with E-state index in [4.69, 9.17) is 4.74 Å². The van der Waals surface area contributed by atoms with Gasteiger partial charge in [-0.05, 0) is 46.5 Å². The minimum Gasteiger partial charge on any atom is -0.457 e. The lowest BCUT2D eigenvalue weighted by molar-refractivity contribution is -0.147. The van der Waals surface area contributed by atoms with Crippen LogP contribution in [0.4, 0.5) is 4.39 Å². The highest BCUT2D eigenvalue weighted by Gasteiger charge is 2.34. The molecule has 1 aromatic rings. The molecule has 1 atom stereocenters. The van der Waals surface area contributed by atoms with Gasteiger partial charge in [0.15, 0.2) is 0 Å². The molecule has 0 aromatic heterocycles. The lowest BCUT2D eigenvalue weighted by atomic mass is 10.1. The molecule has 0 saturated heterocycles. The Morgan fingerprint density at radius 2 is 2.25 bits per heavy atom. The lowest BCUT2D eigenvalue weighted by Gasteiger charge is -2.17. The minimum atomic E-state index is -0.305. The quantitative estimate of drug-likeness (QED) is 0.794. The zero-order chi connectivity index (χ0) is 11.7. The molecule has 0 N–H and O–H groups in total. The average Bonchev–Trinajstić information content (AvgIpc) is 3.02. The molecule has 1 fully saturated rings. The van der Waals surface area contributed by atoms with Gasteiger partial charge in [-0.1, -0.05) is 6.07 Å². The van der Waals surface area contributed by atoms with Gasteiger partial charge < -0.3 is 4.74 Å². The molecule has 4 heteroatoms. The van der Waals surface area contributed by atoms with Crippen molar-refractivity contribution in [2.75, 3.05) is 0 Å². The summed E-state index contributed by atoms with van der Waals surface area (Å²) in [5.41, 5.74) is 0.853. The van der Waals surface area contributed by atoms with Gasteiger partial charge >= 0.3 is 5.97 Å². The van der Waals surface area contributed by atoms with E-state index in [1.54, 1.807) is 12.1 Å². The molecule has 86 valence electrons. The normalized spacial score (nSPS) is 16.9. The summed E-state index contributed by atoms with van der Waals surface area (Å²) in [5.74, 6) is -0.209. The molecule has 0 spiro atoms. The Kier molecular flexibility index (Phi) is 3.28. The van der Waals surface area contributed by atoms with E-state index in [1.807, 2.05) is 0 Å². The molecule has 1 saturated carbocycles. The second kappa shape index (κ2) is 4.53. The predicted molar refractivity (Wildman–Crippen MR) is 61.3 cm³/mol. The van der Waals surface area contributed by atoms with Crippen LogP contribution in [0.1, 0.15) is 31.4 Å². The van der Waals surface area contributed by atoms with Gasteiger partial charge in [-0.15, -0.1) is 0 Å². The summed E-state index contributed by atoms with van der Waals surface area (Å²) < 4.78 is 18.8. The molecule has 0 bridgehead atoms. The molecule has 0 amide bonds. The van der Waals surface area contributed by atoms with Crippen molar-refractivity contribution in [2.24, 2.45) is 5.92 Å². The van der Waals surface area contributed by atoms with Gasteiger partial charge in [0, 0.05) is 12.8 Å². The molecule has 2 rings (SSSR count). The van der Waals surface area contributed by atoms with Crippen LogP contribution in [0, 0.1) is 11.7 Å². The highest BCUT2D eigenvalue weighted by Crippen LogP contribution is 2.43. The van der Waals surface area contributed by atoms with E-state index in [9.17, 15) is 9.18 Å². The van der Waals surface area contributed by atoms with Crippen molar-refractivity contribution >= 4 is 21.9 Å². The molecule has 0 aliphatic heterocycles. The maximum absolute atomic E-state index is 13.1. The summed E-state index contributed by atoms with van der Waals surface area (Å²) in [6, 6.07) is 4.74. The van der Waals surface area contributed by atoms with Gasteiger partial charge in [0.2, 0.25) is 0 Å². The van der Waals surface area contributed by atoms with E-state index in [0.29, 0.717) is 10.4 Å². The minimum absolute atomic E-state index is 0.227. The molecule has 0 unspecified atom stereocenters. The first kappa shape index (κ1) is 11.6. The first-order valence-corrected chi connectivity index (χ1v) is 5.99. The van der Waals surface area contributed by atoms with Gasteiger partial charge in [-0.2, -0.15) is 0 Å². The molecular formula is C12H12BrFO2. The fourth-order valence-electron chi connectivity index (χ4n) is 1.70. The Hall–Kier alpha value is -0.900. The summed E-state index contributed by atoms with van der Waals surface area (Å²) in [6.07, 6.45) is 1.90. The molecule has 0 heterocycles.